The van der Waals surface area contributed by atoms with Crippen molar-refractivity contribution < 1.29 is 13.9 Å². The molecule has 1 aromatic heterocycles. The largest absolute Gasteiger partial charge is 0.379 e. The second-order valence-electron chi connectivity index (χ2n) is 12.0. The number of amides is 1. The molecular weight excluding hydrogens is 509 g/mol. The quantitative estimate of drug-likeness (QED) is 0.585. The van der Waals surface area contributed by atoms with Gasteiger partial charge in [-0.25, -0.2) is 9.37 Å². The number of morpholine rings is 1. The van der Waals surface area contributed by atoms with Crippen LogP contribution < -0.4 is 20.4 Å². The Bertz CT molecular complexity index is 1240. The lowest BCUT2D eigenvalue weighted by atomic mass is 9.82. The van der Waals surface area contributed by atoms with E-state index in [1.807, 2.05) is 18.3 Å². The third-order valence-electron chi connectivity index (χ3n) is 9.85. The number of nitrogens with one attached hydrogen (secondary N) is 2. The SMILES string of the molecule is O=C1NCCC12CCc1cnc(Nc3ccc(N4CCC(N5CCOCC5)CC4)c(F)c3)nc1N2C1CCCC1. The number of halogens is 1. The number of fused-ring (bicyclic) bond motifs is 1. The van der Waals surface area contributed by atoms with Crippen LogP contribution in [0.5, 0.6) is 0 Å². The molecule has 1 spiro atoms. The molecule has 9 nitrogen and oxygen atoms in total. The van der Waals surface area contributed by atoms with Crippen LogP contribution in [-0.4, -0.2) is 84.3 Å². The summed E-state index contributed by atoms with van der Waals surface area (Å²) in [5.41, 5.74) is 1.85. The molecule has 1 unspecified atom stereocenters. The highest BCUT2D eigenvalue weighted by Crippen LogP contribution is 2.44. The first-order valence-corrected chi connectivity index (χ1v) is 15.2. The first-order valence-electron chi connectivity index (χ1n) is 15.2. The Labute approximate surface area is 235 Å². The van der Waals surface area contributed by atoms with Gasteiger partial charge in [0.1, 0.15) is 17.2 Å². The molecule has 1 amide bonds. The average molecular weight is 550 g/mol. The Morgan fingerprint density at radius 1 is 1.02 bits per heavy atom. The molecule has 1 aliphatic carbocycles. The van der Waals surface area contributed by atoms with Crippen LogP contribution in [0.25, 0.3) is 0 Å². The molecule has 214 valence electrons. The predicted octanol–water partition coefficient (Wildman–Crippen LogP) is 3.61. The van der Waals surface area contributed by atoms with Crippen molar-refractivity contribution in [1.82, 2.24) is 20.2 Å². The summed E-state index contributed by atoms with van der Waals surface area (Å²) in [6.07, 6.45) is 10.9. The number of hydrogen-bond acceptors (Lipinski definition) is 8. The number of aromatic nitrogens is 2. The summed E-state index contributed by atoms with van der Waals surface area (Å²) in [4.78, 5) is 29.7. The molecule has 10 heteroatoms. The van der Waals surface area contributed by atoms with Crippen LogP contribution in [0, 0.1) is 5.82 Å². The van der Waals surface area contributed by atoms with E-state index in [1.54, 1.807) is 6.07 Å². The maximum atomic E-state index is 15.4. The number of carbonyl (C=O) groups excluding carboxylic acids is 1. The molecule has 3 saturated heterocycles. The molecule has 4 fully saturated rings. The fourth-order valence-electron chi connectivity index (χ4n) is 7.71. The van der Waals surface area contributed by atoms with E-state index in [-0.39, 0.29) is 11.7 Å². The van der Waals surface area contributed by atoms with Crippen LogP contribution in [0.1, 0.15) is 56.9 Å². The summed E-state index contributed by atoms with van der Waals surface area (Å²) in [5, 5.41) is 6.33. The zero-order valence-electron chi connectivity index (χ0n) is 23.2. The monoisotopic (exact) mass is 549 g/mol. The van der Waals surface area contributed by atoms with Gasteiger partial charge in [-0.3, -0.25) is 9.69 Å². The molecular formula is C30H40FN7O2. The van der Waals surface area contributed by atoms with Crippen molar-refractivity contribution in [2.24, 2.45) is 0 Å². The van der Waals surface area contributed by atoms with Crippen molar-refractivity contribution in [2.75, 3.05) is 61.1 Å². The standard InChI is InChI=1S/C30H40FN7O2/c31-25-19-22(5-6-26(25)37-13-8-23(9-14-37)36-15-17-40-18-16-36)34-29-33-20-21-7-10-30(11-12-32-28(30)39)38(27(21)35-29)24-3-1-2-4-24/h5-6,19-20,23-24H,1-4,7-18H2,(H,32,39)(H,33,34,35). The first-order chi connectivity index (χ1) is 19.6. The number of carbonyl (C=O) groups is 1. The summed E-state index contributed by atoms with van der Waals surface area (Å²) in [5.74, 6) is 1.20. The molecule has 5 heterocycles. The van der Waals surface area contributed by atoms with Gasteiger partial charge >= 0.3 is 0 Å². The fourth-order valence-corrected chi connectivity index (χ4v) is 7.71. The normalized spacial score (nSPS) is 26.4. The third-order valence-corrected chi connectivity index (χ3v) is 9.85. The summed E-state index contributed by atoms with van der Waals surface area (Å²) >= 11 is 0. The second kappa shape index (κ2) is 10.8. The van der Waals surface area contributed by atoms with E-state index >= 15 is 4.39 Å². The molecule has 7 rings (SSSR count). The summed E-state index contributed by atoms with van der Waals surface area (Å²) in [7, 11) is 0. The lowest BCUT2D eigenvalue weighted by Crippen LogP contribution is -2.60. The Morgan fingerprint density at radius 2 is 1.82 bits per heavy atom. The number of anilines is 4. The molecule has 2 aromatic rings. The van der Waals surface area contributed by atoms with Gasteiger partial charge < -0.3 is 25.2 Å². The van der Waals surface area contributed by atoms with Gasteiger partial charge in [-0.05, 0) is 63.1 Å². The maximum absolute atomic E-state index is 15.4. The molecule has 1 saturated carbocycles. The number of piperidine rings is 1. The Balaban J connectivity index is 1.07. The molecule has 4 aliphatic heterocycles. The van der Waals surface area contributed by atoms with Gasteiger partial charge in [0.05, 0.1) is 18.9 Å². The van der Waals surface area contributed by atoms with Crippen LogP contribution >= 0.6 is 0 Å². The highest BCUT2D eigenvalue weighted by molar-refractivity contribution is 5.93. The average Bonchev–Trinajstić information content (AvgIpc) is 3.64. The van der Waals surface area contributed by atoms with E-state index < -0.39 is 5.54 Å². The van der Waals surface area contributed by atoms with Crippen molar-refractivity contribution in [3.05, 3.63) is 35.8 Å². The van der Waals surface area contributed by atoms with Crippen molar-refractivity contribution in [1.29, 1.82) is 0 Å². The van der Waals surface area contributed by atoms with Gasteiger partial charge in [-0.15, -0.1) is 0 Å². The van der Waals surface area contributed by atoms with Gasteiger partial charge in [0.25, 0.3) is 0 Å². The van der Waals surface area contributed by atoms with Gasteiger partial charge in [0, 0.05) is 62.3 Å². The molecule has 2 N–H and O–H groups in total. The Hall–Kier alpha value is -2.98. The number of nitrogens with zero attached hydrogens (tertiary/aromatic N) is 5. The van der Waals surface area contributed by atoms with Crippen LogP contribution in [-0.2, 0) is 16.0 Å². The van der Waals surface area contributed by atoms with Gasteiger partial charge in [-0.1, -0.05) is 12.8 Å². The Morgan fingerprint density at radius 3 is 2.55 bits per heavy atom. The van der Waals surface area contributed by atoms with E-state index in [0.717, 1.165) is 95.7 Å². The highest BCUT2D eigenvalue weighted by atomic mass is 19.1. The van der Waals surface area contributed by atoms with Gasteiger partial charge in [0.2, 0.25) is 11.9 Å². The molecule has 0 radical (unpaired) electrons. The number of ether oxygens (including phenoxy) is 1. The van der Waals surface area contributed by atoms with Crippen LogP contribution in [0.15, 0.2) is 24.4 Å². The lowest BCUT2D eigenvalue weighted by molar-refractivity contribution is -0.124. The van der Waals surface area contributed by atoms with Crippen molar-refractivity contribution in [3.63, 3.8) is 0 Å². The topological polar surface area (TPSA) is 85.9 Å². The van der Waals surface area contributed by atoms with E-state index in [4.69, 9.17) is 9.72 Å². The smallest absolute Gasteiger partial charge is 0.246 e. The number of benzene rings is 1. The lowest BCUT2D eigenvalue weighted by Gasteiger charge is -2.47. The first kappa shape index (κ1) is 26.0. The number of aryl methyl sites for hydroxylation is 1. The van der Waals surface area contributed by atoms with Crippen molar-refractivity contribution in [3.8, 4) is 0 Å². The second-order valence-corrected chi connectivity index (χ2v) is 12.0. The van der Waals surface area contributed by atoms with Crippen molar-refractivity contribution in [2.45, 2.75) is 75.4 Å². The van der Waals surface area contributed by atoms with Crippen molar-refractivity contribution >= 4 is 29.0 Å². The molecule has 5 aliphatic rings. The molecule has 1 aromatic carbocycles. The number of rotatable bonds is 5. The Kier molecular flexibility index (Phi) is 6.99. The molecule has 40 heavy (non-hydrogen) atoms. The zero-order valence-corrected chi connectivity index (χ0v) is 23.2. The van der Waals surface area contributed by atoms with Crippen LogP contribution in [0.3, 0.4) is 0 Å². The van der Waals surface area contributed by atoms with Gasteiger partial charge in [-0.2, -0.15) is 4.98 Å². The summed E-state index contributed by atoms with van der Waals surface area (Å²) < 4.78 is 20.9. The molecule has 1 atom stereocenters. The zero-order chi connectivity index (χ0) is 27.1. The predicted molar refractivity (Wildman–Crippen MR) is 153 cm³/mol. The maximum Gasteiger partial charge on any atom is 0.246 e. The van der Waals surface area contributed by atoms with Crippen LogP contribution in [0.2, 0.25) is 0 Å². The minimum atomic E-state index is -0.517. The summed E-state index contributed by atoms with van der Waals surface area (Å²) in [6.45, 7) is 6.04. The minimum absolute atomic E-state index is 0.129. The fraction of sp³-hybridized carbons (Fsp3) is 0.633. The van der Waals surface area contributed by atoms with E-state index in [9.17, 15) is 4.79 Å². The highest BCUT2D eigenvalue weighted by Gasteiger charge is 2.53. The van der Waals surface area contributed by atoms with E-state index in [0.29, 0.717) is 36.0 Å². The number of hydrogen-bond donors (Lipinski definition) is 2. The van der Waals surface area contributed by atoms with Gasteiger partial charge in [0.15, 0.2) is 0 Å². The minimum Gasteiger partial charge on any atom is -0.379 e. The third kappa shape index (κ3) is 4.68. The van der Waals surface area contributed by atoms with E-state index in [2.05, 4.69) is 30.3 Å². The molecule has 0 bridgehead atoms. The van der Waals surface area contributed by atoms with Crippen LogP contribution in [0.4, 0.5) is 27.5 Å². The van der Waals surface area contributed by atoms with E-state index in [1.165, 1.54) is 12.8 Å². The summed E-state index contributed by atoms with van der Waals surface area (Å²) in [6, 6.07) is 6.20.